The van der Waals surface area contributed by atoms with Gasteiger partial charge in [-0.2, -0.15) is 0 Å². The maximum Gasteiger partial charge on any atom is 0.294 e. The van der Waals surface area contributed by atoms with Crippen LogP contribution in [0.15, 0.2) is 19.9 Å². The minimum atomic E-state index is -0.442. The SMILES string of the molecule is C#CCN1C(=O)S/C(=C/c2cc(OC)c(O)c(Br)c2Br)C1=O. The van der Waals surface area contributed by atoms with Crippen molar-refractivity contribution in [1.29, 1.82) is 0 Å². The summed E-state index contributed by atoms with van der Waals surface area (Å²) in [6.07, 6.45) is 6.69. The predicted octanol–water partition coefficient (Wildman–Crippen LogP) is 3.60. The van der Waals surface area contributed by atoms with Crippen LogP contribution < -0.4 is 4.74 Å². The Morgan fingerprint density at radius 1 is 1.45 bits per heavy atom. The zero-order valence-corrected chi connectivity index (χ0v) is 15.2. The summed E-state index contributed by atoms with van der Waals surface area (Å²) in [5, 5.41) is 9.48. The first-order chi connectivity index (χ1) is 10.4. The molecule has 0 saturated carbocycles. The van der Waals surface area contributed by atoms with Gasteiger partial charge < -0.3 is 9.84 Å². The van der Waals surface area contributed by atoms with Gasteiger partial charge >= 0.3 is 0 Å². The second-order valence-electron chi connectivity index (χ2n) is 4.12. The summed E-state index contributed by atoms with van der Waals surface area (Å²) in [7, 11) is 1.42. The molecule has 0 aromatic heterocycles. The molecular weight excluding hydrogens is 438 g/mol. The van der Waals surface area contributed by atoms with Gasteiger partial charge in [-0.1, -0.05) is 5.92 Å². The predicted molar refractivity (Wildman–Crippen MR) is 91.6 cm³/mol. The van der Waals surface area contributed by atoms with Crippen molar-refractivity contribution >= 4 is 60.8 Å². The standard InChI is InChI=1S/C14H9Br2NO4S/c1-3-4-17-13(19)9(22-14(17)20)6-7-5-8(21-2)12(18)11(16)10(7)15/h1,5-6,18H,4H2,2H3/b9-6+. The van der Waals surface area contributed by atoms with Crippen LogP contribution in [0.25, 0.3) is 6.08 Å². The Labute approximate surface area is 148 Å². The molecule has 0 radical (unpaired) electrons. The zero-order chi connectivity index (χ0) is 16.4. The third kappa shape index (κ3) is 3.02. The Morgan fingerprint density at radius 3 is 2.73 bits per heavy atom. The Bertz CT molecular complexity index is 739. The Kier molecular flexibility index (Phi) is 5.21. The maximum atomic E-state index is 12.1. The number of terminal acetylenes is 1. The number of phenols is 1. The second kappa shape index (κ2) is 6.77. The van der Waals surface area contributed by atoms with E-state index in [1.807, 2.05) is 0 Å². The molecule has 5 nitrogen and oxygen atoms in total. The van der Waals surface area contributed by atoms with Gasteiger partial charge in [0.2, 0.25) is 0 Å². The topological polar surface area (TPSA) is 66.8 Å². The van der Waals surface area contributed by atoms with E-state index in [4.69, 9.17) is 11.2 Å². The minimum absolute atomic E-state index is 0.0630. The molecule has 114 valence electrons. The molecule has 0 spiro atoms. The van der Waals surface area contributed by atoms with Crippen LogP contribution >= 0.6 is 43.6 Å². The first-order valence-corrected chi connectivity index (χ1v) is 8.24. The van der Waals surface area contributed by atoms with Crippen molar-refractivity contribution in [1.82, 2.24) is 4.90 Å². The second-order valence-corrected chi connectivity index (χ2v) is 6.70. The van der Waals surface area contributed by atoms with E-state index >= 15 is 0 Å². The summed E-state index contributed by atoms with van der Waals surface area (Å²) in [5.41, 5.74) is 0.577. The molecule has 0 bridgehead atoms. The molecule has 1 aliphatic rings. The number of aromatic hydroxyl groups is 1. The van der Waals surface area contributed by atoms with Crippen LogP contribution in [-0.4, -0.2) is 34.8 Å². The molecule has 2 rings (SSSR count). The van der Waals surface area contributed by atoms with Crippen molar-refractivity contribution in [2.75, 3.05) is 13.7 Å². The van der Waals surface area contributed by atoms with Crippen LogP contribution in [0, 0.1) is 12.3 Å². The lowest BCUT2D eigenvalue weighted by molar-refractivity contribution is -0.122. The third-order valence-corrected chi connectivity index (χ3v) is 5.87. The van der Waals surface area contributed by atoms with Gasteiger partial charge in [0.25, 0.3) is 11.1 Å². The molecule has 1 fully saturated rings. The van der Waals surface area contributed by atoms with Crippen LogP contribution in [0.5, 0.6) is 11.5 Å². The van der Waals surface area contributed by atoms with E-state index in [0.717, 1.165) is 16.7 Å². The van der Waals surface area contributed by atoms with Crippen molar-refractivity contribution in [2.24, 2.45) is 0 Å². The molecule has 1 aliphatic heterocycles. The number of benzene rings is 1. The molecule has 0 aliphatic carbocycles. The van der Waals surface area contributed by atoms with E-state index in [9.17, 15) is 14.7 Å². The van der Waals surface area contributed by atoms with Crippen molar-refractivity contribution in [2.45, 2.75) is 0 Å². The lowest BCUT2D eigenvalue weighted by atomic mass is 10.2. The molecule has 0 unspecified atom stereocenters. The minimum Gasteiger partial charge on any atom is -0.503 e. The van der Waals surface area contributed by atoms with Crippen LogP contribution in [0.1, 0.15) is 5.56 Å². The molecule has 1 aromatic rings. The molecule has 2 amide bonds. The number of hydrogen-bond donors (Lipinski definition) is 1. The molecule has 1 aromatic carbocycles. The van der Waals surface area contributed by atoms with E-state index in [2.05, 4.69) is 37.8 Å². The normalized spacial score (nSPS) is 16.3. The summed E-state index contributed by atoms with van der Waals surface area (Å²) < 4.78 is 5.99. The van der Waals surface area contributed by atoms with Crippen molar-refractivity contribution in [3.8, 4) is 23.8 Å². The number of halogens is 2. The molecule has 1 heterocycles. The fourth-order valence-corrected chi connectivity index (χ4v) is 3.41. The van der Waals surface area contributed by atoms with Gasteiger partial charge in [-0.25, -0.2) is 0 Å². The van der Waals surface area contributed by atoms with Gasteiger partial charge in [0.1, 0.15) is 0 Å². The van der Waals surface area contributed by atoms with Crippen LogP contribution in [0.2, 0.25) is 0 Å². The molecular formula is C14H9Br2NO4S. The number of carbonyl (C=O) groups is 2. The number of carbonyl (C=O) groups excluding carboxylic acids is 2. The van der Waals surface area contributed by atoms with Gasteiger partial charge in [-0.3, -0.25) is 14.5 Å². The van der Waals surface area contributed by atoms with E-state index in [0.29, 0.717) is 14.5 Å². The highest BCUT2D eigenvalue weighted by molar-refractivity contribution is 9.13. The van der Waals surface area contributed by atoms with Crippen LogP contribution in [0.3, 0.4) is 0 Å². The highest BCUT2D eigenvalue weighted by Gasteiger charge is 2.34. The average Bonchev–Trinajstić information content (AvgIpc) is 2.76. The largest absolute Gasteiger partial charge is 0.503 e. The summed E-state index contributed by atoms with van der Waals surface area (Å²) in [4.78, 5) is 25.1. The Morgan fingerprint density at radius 2 is 2.14 bits per heavy atom. The number of hydrogen-bond acceptors (Lipinski definition) is 5. The molecule has 0 atom stereocenters. The lowest BCUT2D eigenvalue weighted by Crippen LogP contribution is -2.28. The van der Waals surface area contributed by atoms with Crippen molar-refractivity contribution in [3.05, 3.63) is 25.5 Å². The number of thioether (sulfide) groups is 1. The van der Waals surface area contributed by atoms with E-state index < -0.39 is 11.1 Å². The number of phenolic OH excluding ortho intramolecular Hbond substituents is 1. The van der Waals surface area contributed by atoms with Crippen LogP contribution in [-0.2, 0) is 4.79 Å². The smallest absolute Gasteiger partial charge is 0.294 e. The molecule has 22 heavy (non-hydrogen) atoms. The Hall–Kier alpha value is -1.43. The van der Waals surface area contributed by atoms with Gasteiger partial charge in [0, 0.05) is 4.47 Å². The van der Waals surface area contributed by atoms with Gasteiger partial charge in [0.05, 0.1) is 23.0 Å². The van der Waals surface area contributed by atoms with E-state index in [1.54, 1.807) is 6.07 Å². The zero-order valence-electron chi connectivity index (χ0n) is 11.2. The fourth-order valence-electron chi connectivity index (χ4n) is 1.74. The number of nitrogens with zero attached hydrogens (tertiary/aromatic N) is 1. The number of methoxy groups -OCH3 is 1. The number of rotatable bonds is 3. The molecule has 8 heteroatoms. The maximum absolute atomic E-state index is 12.1. The highest BCUT2D eigenvalue weighted by Crippen LogP contribution is 2.43. The summed E-state index contributed by atoms with van der Waals surface area (Å²) >= 11 is 7.37. The highest BCUT2D eigenvalue weighted by atomic mass is 79.9. The summed E-state index contributed by atoms with van der Waals surface area (Å²) in [6, 6.07) is 1.55. The lowest BCUT2D eigenvalue weighted by Gasteiger charge is -2.10. The van der Waals surface area contributed by atoms with E-state index in [1.165, 1.54) is 13.2 Å². The van der Waals surface area contributed by atoms with Gasteiger partial charge in [0.15, 0.2) is 11.5 Å². The third-order valence-electron chi connectivity index (χ3n) is 2.80. The van der Waals surface area contributed by atoms with Crippen molar-refractivity contribution < 1.29 is 19.4 Å². The number of imide groups is 1. The first-order valence-electron chi connectivity index (χ1n) is 5.84. The average molecular weight is 447 g/mol. The summed E-state index contributed by atoms with van der Waals surface area (Å²) in [5.74, 6) is 2.01. The number of amides is 2. The first kappa shape index (κ1) is 16.9. The summed E-state index contributed by atoms with van der Waals surface area (Å²) in [6.45, 7) is -0.0637. The van der Waals surface area contributed by atoms with Crippen LogP contribution in [0.4, 0.5) is 4.79 Å². The Balaban J connectivity index is 2.47. The molecule has 1 saturated heterocycles. The number of ether oxygens (including phenoxy) is 1. The quantitative estimate of drug-likeness (QED) is 0.567. The monoisotopic (exact) mass is 445 g/mol. The molecule has 1 N–H and O–H groups in total. The van der Waals surface area contributed by atoms with Gasteiger partial charge in [-0.05, 0) is 61.3 Å². The fraction of sp³-hybridized carbons (Fsp3) is 0.143. The van der Waals surface area contributed by atoms with Crippen molar-refractivity contribution in [3.63, 3.8) is 0 Å². The van der Waals surface area contributed by atoms with Gasteiger partial charge in [-0.15, -0.1) is 6.42 Å². The van der Waals surface area contributed by atoms with E-state index in [-0.39, 0.29) is 22.9 Å².